The van der Waals surface area contributed by atoms with Crippen LogP contribution < -0.4 is 5.32 Å². The second-order valence-corrected chi connectivity index (χ2v) is 2.78. The summed E-state index contributed by atoms with van der Waals surface area (Å²) in [4.78, 5) is 0. The first kappa shape index (κ1) is 11.9. The Balaban J connectivity index is 0.000000561. The molecule has 0 amide bonds. The zero-order valence-corrected chi connectivity index (χ0v) is 8.57. The van der Waals surface area contributed by atoms with Gasteiger partial charge in [0.15, 0.2) is 0 Å². The van der Waals surface area contributed by atoms with E-state index in [9.17, 15) is 0 Å². The molecule has 0 unspecified atom stereocenters. The van der Waals surface area contributed by atoms with Crippen molar-refractivity contribution in [2.45, 2.75) is 39.5 Å². The Hall–Kier alpha value is -0.0800. The van der Waals surface area contributed by atoms with Crippen LogP contribution in [0.5, 0.6) is 0 Å². The van der Waals surface area contributed by atoms with Gasteiger partial charge in [-0.1, -0.05) is 26.7 Å². The van der Waals surface area contributed by atoms with Crippen LogP contribution >= 0.6 is 0 Å². The van der Waals surface area contributed by atoms with Gasteiger partial charge in [0.25, 0.3) is 0 Å². The van der Waals surface area contributed by atoms with Crippen molar-refractivity contribution in [1.29, 1.82) is 0 Å². The Kier molecular flexibility index (Phi) is 10.8. The maximum atomic E-state index is 5.35. The number of nitrogens with one attached hydrogen (secondary N) is 1. The van der Waals surface area contributed by atoms with Gasteiger partial charge in [-0.15, -0.1) is 0 Å². The molecule has 0 spiro atoms. The predicted octanol–water partition coefficient (Wildman–Crippen LogP) is 2.19. The molecule has 0 radical (unpaired) electrons. The summed E-state index contributed by atoms with van der Waals surface area (Å²) >= 11 is 0. The molecule has 2 nitrogen and oxygen atoms in total. The highest BCUT2D eigenvalue weighted by Gasteiger charge is 1.94. The molecule has 0 aliphatic carbocycles. The molecule has 1 N–H and O–H groups in total. The van der Waals surface area contributed by atoms with E-state index in [0.717, 1.165) is 19.8 Å². The minimum atomic E-state index is 0.889. The van der Waals surface area contributed by atoms with E-state index in [-0.39, 0.29) is 0 Å². The lowest BCUT2D eigenvalue weighted by atomic mass is 10.2. The summed E-state index contributed by atoms with van der Waals surface area (Å²) in [6.45, 7) is 8.05. The highest BCUT2D eigenvalue weighted by atomic mass is 16.5. The van der Waals surface area contributed by atoms with Crippen molar-refractivity contribution in [3.63, 3.8) is 0 Å². The van der Waals surface area contributed by atoms with Crippen molar-refractivity contribution in [2.75, 3.05) is 26.3 Å². The Bertz CT molecular complexity index is 43.0. The van der Waals surface area contributed by atoms with E-state index in [4.69, 9.17) is 4.74 Å². The molecule has 1 fully saturated rings. The normalized spacial score (nSPS) is 20.5. The maximum Gasteiger partial charge on any atom is 0.0590 e. The summed E-state index contributed by atoms with van der Waals surface area (Å²) < 4.78 is 5.35. The zero-order chi connectivity index (χ0) is 9.07. The minimum Gasteiger partial charge on any atom is -0.380 e. The topological polar surface area (TPSA) is 21.3 Å². The Labute approximate surface area is 76.7 Å². The molecule has 1 heterocycles. The fraction of sp³-hybridized carbons (Fsp3) is 1.00. The third-order valence-electron chi connectivity index (χ3n) is 1.82. The molecular formula is C10H23NO. The monoisotopic (exact) mass is 173 g/mol. The quantitative estimate of drug-likeness (QED) is 0.606. The maximum absolute atomic E-state index is 5.35. The van der Waals surface area contributed by atoms with Gasteiger partial charge in [-0.2, -0.15) is 0 Å². The first-order chi connectivity index (χ1) is 6.00. The molecular weight excluding hydrogens is 150 g/mol. The molecule has 0 atom stereocenters. The van der Waals surface area contributed by atoms with Crippen LogP contribution in [-0.2, 0) is 4.74 Å². The fourth-order valence-corrected chi connectivity index (χ4v) is 1.18. The summed E-state index contributed by atoms with van der Waals surface area (Å²) in [5.41, 5.74) is 0. The summed E-state index contributed by atoms with van der Waals surface area (Å²) in [5.74, 6) is 0. The first-order valence-electron chi connectivity index (χ1n) is 5.28. The summed E-state index contributed by atoms with van der Waals surface area (Å²) in [6, 6.07) is 0. The Morgan fingerprint density at radius 3 is 2.42 bits per heavy atom. The van der Waals surface area contributed by atoms with Gasteiger partial charge in [-0.05, 0) is 19.4 Å². The standard InChI is InChI=1S/C8H17NO.C2H6/c1-2-4-7-10-8-6-9-5-3-1;1-2/h9H,1-8H2;1-2H3. The zero-order valence-electron chi connectivity index (χ0n) is 8.57. The van der Waals surface area contributed by atoms with Gasteiger partial charge in [0, 0.05) is 13.2 Å². The van der Waals surface area contributed by atoms with Crippen LogP contribution in [0, 0.1) is 0 Å². The van der Waals surface area contributed by atoms with E-state index in [1.165, 1.54) is 32.2 Å². The number of hydrogen-bond acceptors (Lipinski definition) is 2. The van der Waals surface area contributed by atoms with Gasteiger partial charge in [-0.25, -0.2) is 0 Å². The molecule has 2 heteroatoms. The van der Waals surface area contributed by atoms with Crippen LogP contribution in [0.25, 0.3) is 0 Å². The summed E-state index contributed by atoms with van der Waals surface area (Å²) in [5, 5.41) is 3.33. The molecule has 0 aromatic rings. The van der Waals surface area contributed by atoms with Crippen LogP contribution in [0.4, 0.5) is 0 Å². The average Bonchev–Trinajstić information content (AvgIpc) is 2.18. The summed E-state index contributed by atoms with van der Waals surface area (Å²) in [7, 11) is 0. The van der Waals surface area contributed by atoms with Crippen LogP contribution in [0.15, 0.2) is 0 Å². The van der Waals surface area contributed by atoms with Crippen LogP contribution in [0.1, 0.15) is 39.5 Å². The largest absolute Gasteiger partial charge is 0.380 e. The highest BCUT2D eigenvalue weighted by Crippen LogP contribution is 1.99. The smallest absolute Gasteiger partial charge is 0.0590 e. The third kappa shape index (κ3) is 8.02. The lowest BCUT2D eigenvalue weighted by Gasteiger charge is -2.08. The van der Waals surface area contributed by atoms with Crippen molar-refractivity contribution in [3.8, 4) is 0 Å². The van der Waals surface area contributed by atoms with Crippen LogP contribution in [0.3, 0.4) is 0 Å². The highest BCUT2D eigenvalue weighted by molar-refractivity contribution is 4.51. The van der Waals surface area contributed by atoms with Gasteiger partial charge < -0.3 is 10.1 Å². The Morgan fingerprint density at radius 2 is 1.58 bits per heavy atom. The van der Waals surface area contributed by atoms with Crippen molar-refractivity contribution >= 4 is 0 Å². The lowest BCUT2D eigenvalue weighted by molar-refractivity contribution is 0.129. The van der Waals surface area contributed by atoms with Crippen LogP contribution in [0.2, 0.25) is 0 Å². The van der Waals surface area contributed by atoms with Crippen molar-refractivity contribution in [1.82, 2.24) is 5.32 Å². The third-order valence-corrected chi connectivity index (χ3v) is 1.82. The molecule has 12 heavy (non-hydrogen) atoms. The molecule has 0 bridgehead atoms. The van der Waals surface area contributed by atoms with Gasteiger partial charge in [0.2, 0.25) is 0 Å². The molecule has 1 aliphatic heterocycles. The lowest BCUT2D eigenvalue weighted by Crippen LogP contribution is -2.21. The predicted molar refractivity (Wildman–Crippen MR) is 53.5 cm³/mol. The van der Waals surface area contributed by atoms with Gasteiger partial charge >= 0.3 is 0 Å². The molecule has 1 aliphatic rings. The number of hydrogen-bond donors (Lipinski definition) is 1. The first-order valence-corrected chi connectivity index (χ1v) is 5.28. The van der Waals surface area contributed by atoms with Gasteiger partial charge in [0.05, 0.1) is 6.61 Å². The second-order valence-electron chi connectivity index (χ2n) is 2.78. The molecule has 0 saturated carbocycles. The average molecular weight is 173 g/mol. The van der Waals surface area contributed by atoms with E-state index in [0.29, 0.717) is 0 Å². The van der Waals surface area contributed by atoms with E-state index in [2.05, 4.69) is 5.32 Å². The van der Waals surface area contributed by atoms with E-state index in [1.807, 2.05) is 13.8 Å². The second kappa shape index (κ2) is 10.9. The summed E-state index contributed by atoms with van der Waals surface area (Å²) in [6.07, 6.45) is 5.28. The molecule has 1 saturated heterocycles. The van der Waals surface area contributed by atoms with E-state index >= 15 is 0 Å². The Morgan fingerprint density at radius 1 is 0.833 bits per heavy atom. The van der Waals surface area contributed by atoms with Gasteiger partial charge in [-0.3, -0.25) is 0 Å². The minimum absolute atomic E-state index is 0.889. The van der Waals surface area contributed by atoms with E-state index < -0.39 is 0 Å². The molecule has 74 valence electrons. The molecule has 1 rings (SSSR count). The molecule has 0 aromatic heterocycles. The molecule has 0 aromatic carbocycles. The number of ether oxygens (including phenoxy) is 1. The van der Waals surface area contributed by atoms with Crippen molar-refractivity contribution < 1.29 is 4.74 Å². The fourth-order valence-electron chi connectivity index (χ4n) is 1.18. The van der Waals surface area contributed by atoms with Crippen molar-refractivity contribution in [3.05, 3.63) is 0 Å². The van der Waals surface area contributed by atoms with E-state index in [1.54, 1.807) is 0 Å². The van der Waals surface area contributed by atoms with Crippen LogP contribution in [-0.4, -0.2) is 26.3 Å². The number of rotatable bonds is 0. The SMILES string of the molecule is C1CCCOCCNCC1.CC. The van der Waals surface area contributed by atoms with Gasteiger partial charge in [0.1, 0.15) is 0 Å². The van der Waals surface area contributed by atoms with Crippen molar-refractivity contribution in [2.24, 2.45) is 0 Å².